The molecule has 1 aromatic carbocycles. The van der Waals surface area contributed by atoms with Crippen molar-refractivity contribution in [3.05, 3.63) is 57.8 Å². The lowest BCUT2D eigenvalue weighted by molar-refractivity contribution is 0.382. The third-order valence-electron chi connectivity index (χ3n) is 3.88. The second kappa shape index (κ2) is 10.9. The largest absolute Gasteiger partial charge is 0.460 e. The number of hydrogen-bond donors (Lipinski definition) is 1. The molecule has 4 heteroatoms. The van der Waals surface area contributed by atoms with Crippen LogP contribution in [0.25, 0.3) is 5.76 Å². The highest BCUT2D eigenvalue weighted by atomic mass is 32.1. The van der Waals surface area contributed by atoms with Crippen LogP contribution in [0.15, 0.2) is 35.4 Å². The molecule has 0 fully saturated rings. The summed E-state index contributed by atoms with van der Waals surface area (Å²) in [4.78, 5) is 4.67. The second-order valence-corrected chi connectivity index (χ2v) is 7.93. The predicted octanol–water partition coefficient (Wildman–Crippen LogP) is 7.92. The van der Waals surface area contributed by atoms with Gasteiger partial charge in [-0.1, -0.05) is 51.0 Å². The summed E-state index contributed by atoms with van der Waals surface area (Å²) in [5.41, 5.74) is 6.75. The average Bonchev–Trinajstić information content (AvgIpc) is 3.04. The van der Waals surface area contributed by atoms with Crippen LogP contribution >= 0.6 is 11.3 Å². The molecule has 0 atom stereocenters. The van der Waals surface area contributed by atoms with Crippen LogP contribution < -0.4 is 5.32 Å². The van der Waals surface area contributed by atoms with Gasteiger partial charge in [-0.25, -0.2) is 4.98 Å². The number of thiazole rings is 1. The lowest BCUT2D eigenvalue weighted by Crippen LogP contribution is -1.98. The number of aryl methyl sites for hydroxylation is 3. The second-order valence-electron chi connectivity index (χ2n) is 7.07. The van der Waals surface area contributed by atoms with Gasteiger partial charge in [-0.2, -0.15) is 0 Å². The number of benzene rings is 1. The molecule has 0 spiro atoms. The Labute approximate surface area is 169 Å². The lowest BCUT2D eigenvalue weighted by atomic mass is 10.1. The summed E-state index contributed by atoms with van der Waals surface area (Å²) in [6, 6.07) is 4.35. The van der Waals surface area contributed by atoms with Gasteiger partial charge in [-0.05, 0) is 58.2 Å². The van der Waals surface area contributed by atoms with Crippen LogP contribution in [0.2, 0.25) is 0 Å². The Bertz CT molecular complexity index is 773. The summed E-state index contributed by atoms with van der Waals surface area (Å²) in [6.07, 6.45) is 2.64. The van der Waals surface area contributed by atoms with Crippen molar-refractivity contribution in [1.82, 2.24) is 4.98 Å². The number of nitrogens with zero attached hydrogens (tertiary/aromatic N) is 1. The number of ether oxygens (including phenoxy) is 1. The van der Waals surface area contributed by atoms with Crippen molar-refractivity contribution < 1.29 is 4.74 Å². The van der Waals surface area contributed by atoms with Crippen molar-refractivity contribution in [2.75, 3.05) is 5.32 Å². The maximum Gasteiger partial charge on any atom is 0.187 e. The van der Waals surface area contributed by atoms with Gasteiger partial charge in [0.15, 0.2) is 10.9 Å². The van der Waals surface area contributed by atoms with Crippen LogP contribution in [-0.4, -0.2) is 4.98 Å². The quantitative estimate of drug-likeness (QED) is 0.512. The fraction of sp³-hybridized carbons (Fsp3) is 0.435. The van der Waals surface area contributed by atoms with Gasteiger partial charge in [-0.3, -0.25) is 0 Å². The highest BCUT2D eigenvalue weighted by Gasteiger charge is 2.12. The standard InChI is InChI=1S/C19H24N2OS.C4H10/c1-11(2)18(22-12(3)4)16-10-23-19(20-16)21-17-14(6)8-13(5)9-15(17)7;1-3-4-2/h8-10H,3H2,1-2,4-7H3,(H,20,21);3-4H2,1-2H3. The van der Waals surface area contributed by atoms with Gasteiger partial charge in [0, 0.05) is 11.1 Å². The van der Waals surface area contributed by atoms with Crippen molar-refractivity contribution >= 4 is 27.9 Å². The summed E-state index contributed by atoms with van der Waals surface area (Å²) in [7, 11) is 0. The fourth-order valence-corrected chi connectivity index (χ4v) is 3.20. The minimum atomic E-state index is 0.661. The minimum Gasteiger partial charge on any atom is -0.460 e. The Balaban J connectivity index is 0.000000828. The number of hydrogen-bond acceptors (Lipinski definition) is 4. The number of anilines is 2. The molecule has 148 valence electrons. The fourth-order valence-electron chi connectivity index (χ4n) is 2.50. The number of allylic oxidation sites excluding steroid dienone is 2. The maximum absolute atomic E-state index is 5.73. The Morgan fingerprint density at radius 3 is 2.07 bits per heavy atom. The topological polar surface area (TPSA) is 34.1 Å². The first kappa shape index (κ1) is 23.0. The zero-order chi connectivity index (χ0) is 20.6. The van der Waals surface area contributed by atoms with E-state index in [1.165, 1.54) is 29.5 Å². The maximum atomic E-state index is 5.73. The Morgan fingerprint density at radius 2 is 1.63 bits per heavy atom. The van der Waals surface area contributed by atoms with Crippen LogP contribution in [0.3, 0.4) is 0 Å². The number of nitrogens with one attached hydrogen (secondary N) is 1. The van der Waals surface area contributed by atoms with Crippen molar-refractivity contribution in [2.45, 2.75) is 68.2 Å². The third kappa shape index (κ3) is 7.22. The van der Waals surface area contributed by atoms with E-state index in [2.05, 4.69) is 63.6 Å². The Hall–Kier alpha value is -2.07. The van der Waals surface area contributed by atoms with E-state index in [0.29, 0.717) is 5.76 Å². The van der Waals surface area contributed by atoms with E-state index >= 15 is 0 Å². The van der Waals surface area contributed by atoms with E-state index in [1.54, 1.807) is 11.3 Å². The van der Waals surface area contributed by atoms with Crippen LogP contribution in [0.5, 0.6) is 0 Å². The summed E-state index contributed by atoms with van der Waals surface area (Å²) >= 11 is 1.57. The molecule has 0 aliphatic rings. The monoisotopic (exact) mass is 386 g/mol. The molecule has 27 heavy (non-hydrogen) atoms. The van der Waals surface area contributed by atoms with Gasteiger partial charge in [0.2, 0.25) is 0 Å². The van der Waals surface area contributed by atoms with Crippen LogP contribution in [-0.2, 0) is 4.74 Å². The zero-order valence-corrected chi connectivity index (χ0v) is 18.9. The van der Waals surface area contributed by atoms with E-state index in [4.69, 9.17) is 4.74 Å². The molecule has 0 saturated heterocycles. The van der Waals surface area contributed by atoms with E-state index in [-0.39, 0.29) is 0 Å². The van der Waals surface area contributed by atoms with Gasteiger partial charge >= 0.3 is 0 Å². The Morgan fingerprint density at radius 1 is 1.07 bits per heavy atom. The molecule has 0 saturated carbocycles. The minimum absolute atomic E-state index is 0.661. The molecule has 0 unspecified atom stereocenters. The molecule has 0 bridgehead atoms. The molecule has 0 amide bonds. The molecule has 1 N–H and O–H groups in total. The van der Waals surface area contributed by atoms with Crippen LogP contribution in [0.1, 0.15) is 69.8 Å². The molecule has 1 heterocycles. The van der Waals surface area contributed by atoms with E-state index in [9.17, 15) is 0 Å². The summed E-state index contributed by atoms with van der Waals surface area (Å²) < 4.78 is 5.73. The molecule has 0 radical (unpaired) electrons. The van der Waals surface area contributed by atoms with Gasteiger partial charge in [-0.15, -0.1) is 11.3 Å². The normalized spacial score (nSPS) is 9.93. The van der Waals surface area contributed by atoms with E-state index in [1.807, 2.05) is 26.2 Å². The van der Waals surface area contributed by atoms with Crippen LogP contribution in [0, 0.1) is 20.8 Å². The predicted molar refractivity (Wildman–Crippen MR) is 121 cm³/mol. The van der Waals surface area contributed by atoms with E-state index < -0.39 is 0 Å². The lowest BCUT2D eigenvalue weighted by Gasteiger charge is -2.12. The average molecular weight is 387 g/mol. The smallest absolute Gasteiger partial charge is 0.187 e. The van der Waals surface area contributed by atoms with Gasteiger partial charge in [0.05, 0.1) is 5.76 Å². The number of aromatic nitrogens is 1. The van der Waals surface area contributed by atoms with Gasteiger partial charge < -0.3 is 10.1 Å². The summed E-state index contributed by atoms with van der Waals surface area (Å²) in [5.74, 6) is 1.44. The molecular formula is C23H34N2OS. The molecule has 2 rings (SSSR count). The van der Waals surface area contributed by atoms with Gasteiger partial charge in [0.25, 0.3) is 0 Å². The van der Waals surface area contributed by atoms with E-state index in [0.717, 1.165) is 27.8 Å². The third-order valence-corrected chi connectivity index (χ3v) is 4.63. The molecule has 3 nitrogen and oxygen atoms in total. The number of rotatable bonds is 6. The van der Waals surface area contributed by atoms with Crippen molar-refractivity contribution in [1.29, 1.82) is 0 Å². The number of unbranched alkanes of at least 4 members (excludes halogenated alkanes) is 1. The first-order valence-corrected chi connectivity index (χ1v) is 10.4. The van der Waals surface area contributed by atoms with Crippen LogP contribution in [0.4, 0.5) is 10.8 Å². The molecule has 2 aromatic rings. The summed E-state index contributed by atoms with van der Waals surface area (Å²) in [5, 5.41) is 6.31. The molecular weight excluding hydrogens is 352 g/mol. The molecule has 0 aliphatic carbocycles. The first-order chi connectivity index (χ1) is 12.7. The summed E-state index contributed by atoms with van der Waals surface area (Å²) in [6.45, 7) is 20.4. The SMILES string of the molecule is C=C(C)OC(=C(C)C)c1csc(Nc2c(C)cc(C)cc2C)n1.CCCC. The Kier molecular flexibility index (Phi) is 9.30. The van der Waals surface area contributed by atoms with Crippen molar-refractivity contribution in [3.63, 3.8) is 0 Å². The van der Waals surface area contributed by atoms with Crippen molar-refractivity contribution in [2.24, 2.45) is 0 Å². The highest BCUT2D eigenvalue weighted by Crippen LogP contribution is 2.30. The highest BCUT2D eigenvalue weighted by molar-refractivity contribution is 7.13. The zero-order valence-electron chi connectivity index (χ0n) is 18.1. The molecule has 0 aliphatic heterocycles. The molecule has 1 aromatic heterocycles. The van der Waals surface area contributed by atoms with Crippen molar-refractivity contribution in [3.8, 4) is 0 Å². The van der Waals surface area contributed by atoms with Gasteiger partial charge in [0.1, 0.15) is 5.69 Å². The first-order valence-electron chi connectivity index (χ1n) is 9.51.